The minimum atomic E-state index is 0. The van der Waals surface area contributed by atoms with E-state index in [2.05, 4.69) is 410 Å². The van der Waals surface area contributed by atoms with E-state index in [1.54, 1.807) is 0 Å². The van der Waals surface area contributed by atoms with Gasteiger partial charge in [-0.3, -0.25) is 4.90 Å². The summed E-state index contributed by atoms with van der Waals surface area (Å²) in [6.07, 6.45) is 12.5. The largest absolute Gasteiger partial charge is 1.00 e. The third-order valence-electron chi connectivity index (χ3n) is 26.2. The Kier molecular flexibility index (Phi) is 109. The number of nitrogens with one attached hydrogen (secondary N) is 2. The Morgan fingerprint density at radius 2 is 0.516 bits per heavy atom. The van der Waals surface area contributed by atoms with Gasteiger partial charge in [-0.1, -0.05) is 374 Å². The van der Waals surface area contributed by atoms with Crippen LogP contribution < -0.4 is 40.2 Å². The van der Waals surface area contributed by atoms with Gasteiger partial charge >= 0.3 is 29.6 Å². The van der Waals surface area contributed by atoms with Crippen LogP contribution in [0, 0.1) is 259 Å². The number of nitrogens with zero attached hydrogens (tertiary/aromatic N) is 3. The fraction of sp³-hybridized carbons (Fsp3) is 0.981. The summed E-state index contributed by atoms with van der Waals surface area (Å²) < 4.78 is 0. The molecule has 0 aromatic rings. The molecule has 2 N–H and O–H groups in total. The van der Waals surface area contributed by atoms with Crippen LogP contribution in [-0.4, -0.2) is 151 Å². The molecule has 0 saturated carbocycles. The van der Waals surface area contributed by atoms with Gasteiger partial charge in [0.25, 0.3) is 0 Å². The molecule has 751 valence electrons. The van der Waals surface area contributed by atoms with Crippen molar-refractivity contribution < 1.29 is 178 Å². The molecule has 0 aliphatic carbocycles. The number of carbonyl (C=O) groups excluding carboxylic acids is 1. The van der Waals surface area contributed by atoms with Crippen molar-refractivity contribution >= 4 is 85.8 Å². The SMILES string of the molecule is C=O.CC.CC.CC.CC.CC.CC.CC1C[C@@H](C(C)C)C[C@H](C(C)(C)C)SC1C.CC1C[C@@H](C(C)C)C[C@H](C(C)(C)C)SC1C.CC1C[C@@H](C(C)C)C[C@H](C(C)(C)C)SC1C.CC1N[C@@H](C(C)C)C[C@H](C(C)(C)C)SC1C.CC1N[C@@H](C(C)C)C[C@H](C(C)(C)C)SC1C.CC1S[C@@H](C(C)(C)C)C[C@H](C(C)C)N(C)C1C.CCN(CC)CC.[B].[C-]#N.[Na+].[Rn].[Rn]. The molecule has 0 spiro atoms. The van der Waals surface area contributed by atoms with Gasteiger partial charge in [-0.15, -0.1) is 0 Å². The van der Waals surface area contributed by atoms with E-state index in [0.717, 1.165) is 130 Å². The molecule has 12 unspecified atom stereocenters. The van der Waals surface area contributed by atoms with E-state index in [1.165, 1.54) is 77.4 Å². The van der Waals surface area contributed by atoms with Crippen LogP contribution in [0.2, 0.25) is 0 Å². The number of thioether (sulfide) groups is 6. The zero-order valence-corrected chi connectivity index (χ0v) is 108. The van der Waals surface area contributed by atoms with Crippen molar-refractivity contribution in [2.24, 2.45) is 104 Å². The average Bonchev–Trinajstić information content (AvgIpc) is 1.68. The first-order valence-corrected chi connectivity index (χ1v) is 56.1. The Labute approximate surface area is 963 Å². The molecular weight excluding hydrogens is 2050 g/mol. The Balaban J connectivity index is -0.000000103. The molecule has 0 amide bonds. The molecule has 0 aromatic heterocycles. The maximum Gasteiger partial charge on any atom is 1.00 e. The van der Waals surface area contributed by atoms with Gasteiger partial charge in [0.15, 0.2) is 0 Å². The molecule has 6 aliphatic rings. The minimum Gasteiger partial charge on any atom is -0.512 e. The van der Waals surface area contributed by atoms with Gasteiger partial charge in [0.05, 0.1) is 0 Å². The molecule has 124 heavy (non-hydrogen) atoms. The van der Waals surface area contributed by atoms with Crippen LogP contribution >= 0.6 is 70.6 Å². The quantitative estimate of drug-likeness (QED) is 0.171. The molecule has 6 aliphatic heterocycles. The normalized spacial score (nSPS) is 30.2. The maximum absolute atomic E-state index is 8.00. The van der Waals surface area contributed by atoms with E-state index < -0.39 is 0 Å². The predicted octanol–water partition coefficient (Wildman–Crippen LogP) is 31.8. The molecule has 16 heteroatoms. The van der Waals surface area contributed by atoms with E-state index in [0.29, 0.717) is 73.2 Å². The fourth-order valence-electron chi connectivity index (χ4n) is 15.6. The van der Waals surface area contributed by atoms with Gasteiger partial charge in [0.2, 0.25) is 0 Å². The molecule has 6 heterocycles. The summed E-state index contributed by atoms with van der Waals surface area (Å²) in [4.78, 5) is 13.0. The van der Waals surface area contributed by atoms with Gasteiger partial charge in [-0.05, 0) is 209 Å². The summed E-state index contributed by atoms with van der Waals surface area (Å²) in [6, 6.07) is 4.02. The van der Waals surface area contributed by atoms with Crippen LogP contribution in [0.3, 0.4) is 0 Å². The topological polar surface area (TPSA) is 71.4 Å². The molecular formula is C108H232BN5NaORn2S6. The average molecular weight is 2290 g/mol. The molecule has 24 atom stereocenters. The Morgan fingerprint density at radius 3 is 0.685 bits per heavy atom. The maximum atomic E-state index is 8.00. The van der Waals surface area contributed by atoms with Crippen LogP contribution in [0.5, 0.6) is 0 Å². The van der Waals surface area contributed by atoms with Crippen LogP contribution in [0.4, 0.5) is 0 Å². The third-order valence-corrected chi connectivity index (χ3v) is 38.7. The standard InChI is InChI=1S/C15H31NS.3C15H30S.2C14H29NS.C6H15N.6C2H6.CN.CH2O.B.Na.2Rn/c1-10(2)13-9-14(15(5,6)7)17-12(4)11(3)16(13)8;3*1-10(2)13-8-11(3)12(4)16-14(9-13)15(5,6)7;2*1-9(2)12-8-13(14(5,6)7)16-11(4)10(3)15-12;1-4-7(5-2)6-3;8*1-2;;;;/h10-14H,9H2,1-8H3;3*10-14H,8-9H2,1-7H3;2*9-13,15H,8H2,1-7H3;4-6H2,1-3H3;6*1-2H3;;1H2;;;;/q;;;;;;;;;;;;;-1;;;+1;;/t4*11?,12?,13-,14-;2*10?,11?,12-,13-;;;;;;;;;;;;;/m111111............./s1. The smallest absolute Gasteiger partial charge is 0.512 e. The zero-order valence-electron chi connectivity index (χ0n) is 95.5. The van der Waals surface area contributed by atoms with Crippen molar-refractivity contribution in [3.63, 3.8) is 0 Å². The molecule has 0 aromatic carbocycles. The van der Waals surface area contributed by atoms with E-state index in [4.69, 9.17) is 16.6 Å². The number of carbonyl (C=O) groups is 1. The summed E-state index contributed by atoms with van der Waals surface area (Å²) in [5.74, 6) is 10.2. The first-order valence-electron chi connectivity index (χ1n) is 50.5. The van der Waals surface area contributed by atoms with Gasteiger partial charge in [0, 0.05) is 251 Å². The zero-order chi connectivity index (χ0) is 97.6. The first kappa shape index (κ1) is 158. The van der Waals surface area contributed by atoms with Crippen LogP contribution in [0.1, 0.15) is 452 Å². The second kappa shape index (κ2) is 85.0. The van der Waals surface area contributed by atoms with E-state index >= 15 is 0 Å². The molecule has 3 radical (unpaired) electrons. The molecule has 6 fully saturated rings. The Bertz CT molecular complexity index is 2010. The van der Waals surface area contributed by atoms with E-state index in [-0.39, 0.29) is 182 Å². The monoisotopic (exact) mass is 2290 g/mol. The van der Waals surface area contributed by atoms with Crippen LogP contribution in [0.15, 0.2) is 0 Å². The van der Waals surface area contributed by atoms with Gasteiger partial charge in [0.1, 0.15) is 6.79 Å². The molecule has 0 bridgehead atoms. The first-order chi connectivity index (χ1) is 55.1. The van der Waals surface area contributed by atoms with Crippen molar-refractivity contribution in [2.75, 3.05) is 26.7 Å². The summed E-state index contributed by atoms with van der Waals surface area (Å²) in [5.41, 5.74) is 2.61. The van der Waals surface area contributed by atoms with Gasteiger partial charge < -0.3 is 32.2 Å². The fourth-order valence-corrected chi connectivity index (χ4v) is 25.4. The predicted molar refractivity (Wildman–Crippen MR) is 583 cm³/mol. The molecule has 6 rings (SSSR count). The summed E-state index contributed by atoms with van der Waals surface area (Å²) >= 11 is 13.3. The van der Waals surface area contributed by atoms with E-state index in [9.17, 15) is 0 Å². The summed E-state index contributed by atoms with van der Waals surface area (Å²) in [7, 11) is 2.32. The van der Waals surface area contributed by atoms with Gasteiger partial charge in [-0.2, -0.15) is 70.6 Å². The van der Waals surface area contributed by atoms with E-state index in [1.807, 2.05) is 89.9 Å². The number of rotatable bonds is 9. The minimum absolute atomic E-state index is 0. The Hall–Kier alpha value is 6.40. The second-order valence-electron chi connectivity index (χ2n) is 43.7. The van der Waals surface area contributed by atoms with Crippen molar-refractivity contribution in [1.29, 1.82) is 5.26 Å². The molecule has 6 saturated heterocycles. The van der Waals surface area contributed by atoms with Crippen molar-refractivity contribution in [2.45, 2.75) is 552 Å². The molecule has 6 nitrogen and oxygen atoms in total. The Morgan fingerprint density at radius 1 is 0.331 bits per heavy atom. The third kappa shape index (κ3) is 70.1. The number of hydrogen-bond donors (Lipinski definition) is 2. The van der Waals surface area contributed by atoms with Crippen LogP contribution in [-0.2, 0) is 4.79 Å². The van der Waals surface area contributed by atoms with Crippen molar-refractivity contribution in [1.82, 2.24) is 20.4 Å². The summed E-state index contributed by atoms with van der Waals surface area (Å²) in [5, 5.41) is 23.3. The number of hydrogen-bond acceptors (Lipinski definition) is 12. The van der Waals surface area contributed by atoms with Crippen molar-refractivity contribution in [3.05, 3.63) is 6.57 Å². The van der Waals surface area contributed by atoms with Crippen molar-refractivity contribution in [3.8, 4) is 0 Å². The van der Waals surface area contributed by atoms with Crippen LogP contribution in [0.25, 0.3) is 0 Å². The van der Waals surface area contributed by atoms with Gasteiger partial charge in [-0.25, -0.2) is 0 Å². The second-order valence-corrected chi connectivity index (χ2v) is 53.2. The summed E-state index contributed by atoms with van der Waals surface area (Å²) in [6.45, 7) is 141.